The van der Waals surface area contributed by atoms with Gasteiger partial charge >= 0.3 is 0 Å². The predicted molar refractivity (Wildman–Crippen MR) is 125 cm³/mol. The van der Waals surface area contributed by atoms with Gasteiger partial charge in [0.05, 0.1) is 11.5 Å². The van der Waals surface area contributed by atoms with E-state index >= 15 is 0 Å². The van der Waals surface area contributed by atoms with Crippen molar-refractivity contribution >= 4 is 29.3 Å². The van der Waals surface area contributed by atoms with Gasteiger partial charge in [-0.05, 0) is 47.9 Å². The van der Waals surface area contributed by atoms with Gasteiger partial charge in [-0.25, -0.2) is 9.82 Å². The second-order valence-corrected chi connectivity index (χ2v) is 8.51. The van der Waals surface area contributed by atoms with E-state index in [1.807, 2.05) is 47.4 Å². The number of nitrogens with zero attached hydrogens (tertiary/aromatic N) is 2. The van der Waals surface area contributed by atoms with Gasteiger partial charge in [0.15, 0.2) is 0 Å². The Hall–Kier alpha value is -3.45. The molecule has 1 heterocycles. The lowest BCUT2D eigenvalue weighted by Gasteiger charge is -2.24. The Kier molecular flexibility index (Phi) is 6.66. The average molecular weight is 448 g/mol. The summed E-state index contributed by atoms with van der Waals surface area (Å²) in [6.45, 7) is 2.29. The Labute approximate surface area is 190 Å². The summed E-state index contributed by atoms with van der Waals surface area (Å²) < 4.78 is 13.1. The molecule has 0 radical (unpaired) electrons. The van der Waals surface area contributed by atoms with Gasteiger partial charge < -0.3 is 4.90 Å². The molecule has 5 nitrogen and oxygen atoms in total. The van der Waals surface area contributed by atoms with Crippen LogP contribution >= 0.6 is 11.8 Å². The fraction of sp³-hybridized carbons (Fsp3) is 0.160. The zero-order valence-corrected chi connectivity index (χ0v) is 18.3. The van der Waals surface area contributed by atoms with E-state index < -0.39 is 0 Å². The normalized spacial score (nSPS) is 16.3. The van der Waals surface area contributed by atoms with Crippen molar-refractivity contribution in [1.29, 1.82) is 0 Å². The lowest BCUT2D eigenvalue weighted by molar-refractivity contribution is -0.128. The third-order valence-corrected chi connectivity index (χ3v) is 6.47. The molecule has 0 spiro atoms. The van der Waals surface area contributed by atoms with Crippen molar-refractivity contribution < 1.29 is 14.0 Å². The summed E-state index contributed by atoms with van der Waals surface area (Å²) in [6, 6.07) is 23.0. The van der Waals surface area contributed by atoms with Gasteiger partial charge in [-0.15, -0.1) is 11.8 Å². The van der Waals surface area contributed by atoms with E-state index in [0.717, 1.165) is 16.7 Å². The van der Waals surface area contributed by atoms with E-state index in [2.05, 4.69) is 10.5 Å². The number of amides is 2. The first-order chi connectivity index (χ1) is 15.5. The van der Waals surface area contributed by atoms with Gasteiger partial charge in [0.1, 0.15) is 11.2 Å². The number of hydrogen-bond donors (Lipinski definition) is 1. The third-order valence-electron chi connectivity index (χ3n) is 5.21. The van der Waals surface area contributed by atoms with Crippen LogP contribution in [-0.4, -0.2) is 28.2 Å². The molecular formula is C25H22FN3O2S. The number of carbonyl (C=O) groups is 2. The van der Waals surface area contributed by atoms with E-state index in [4.69, 9.17) is 0 Å². The second kappa shape index (κ2) is 9.78. The van der Waals surface area contributed by atoms with Crippen LogP contribution in [0.5, 0.6) is 0 Å². The average Bonchev–Trinajstić information content (AvgIpc) is 3.18. The van der Waals surface area contributed by atoms with E-state index in [-0.39, 0.29) is 23.0 Å². The summed E-state index contributed by atoms with van der Waals surface area (Å²) in [7, 11) is 0. The maximum Gasteiger partial charge on any atom is 0.271 e. The van der Waals surface area contributed by atoms with Crippen LogP contribution in [0, 0.1) is 5.82 Å². The van der Waals surface area contributed by atoms with Crippen LogP contribution in [0.15, 0.2) is 84.0 Å². The molecule has 0 saturated carbocycles. The molecule has 1 fully saturated rings. The molecule has 1 N–H and O–H groups in total. The maximum atomic E-state index is 13.1. The molecule has 1 atom stereocenters. The Morgan fingerprint density at radius 1 is 1.03 bits per heavy atom. The maximum absolute atomic E-state index is 13.1. The van der Waals surface area contributed by atoms with Crippen LogP contribution in [0.4, 0.5) is 4.39 Å². The molecular weight excluding hydrogens is 425 g/mol. The van der Waals surface area contributed by atoms with Crippen molar-refractivity contribution in [2.75, 3.05) is 5.75 Å². The fourth-order valence-corrected chi connectivity index (χ4v) is 4.62. The number of nitrogens with one attached hydrogen (secondary N) is 1. The fourth-order valence-electron chi connectivity index (χ4n) is 3.44. The van der Waals surface area contributed by atoms with Crippen molar-refractivity contribution in [1.82, 2.24) is 10.3 Å². The van der Waals surface area contributed by atoms with E-state index in [1.165, 1.54) is 12.1 Å². The molecule has 3 aromatic rings. The number of hydrazone groups is 1. The predicted octanol–water partition coefficient (Wildman–Crippen LogP) is 4.75. The summed E-state index contributed by atoms with van der Waals surface area (Å²) in [4.78, 5) is 26.8. The lowest BCUT2D eigenvalue weighted by atomic mass is 10.1. The molecule has 0 aromatic heterocycles. The highest BCUT2D eigenvalue weighted by molar-refractivity contribution is 8.00. The van der Waals surface area contributed by atoms with Crippen LogP contribution < -0.4 is 5.43 Å². The largest absolute Gasteiger partial charge is 0.322 e. The Bertz CT molecular complexity index is 1130. The molecule has 1 aliphatic heterocycles. The van der Waals surface area contributed by atoms with Gasteiger partial charge in [0.2, 0.25) is 5.91 Å². The highest BCUT2D eigenvalue weighted by Crippen LogP contribution is 2.39. The number of halogens is 1. The molecule has 0 aliphatic carbocycles. The Morgan fingerprint density at radius 3 is 2.38 bits per heavy atom. The first-order valence-electron chi connectivity index (χ1n) is 10.2. The molecule has 1 unspecified atom stereocenters. The SMILES string of the molecule is C/C(=N\NC(=O)c1ccc(C2SCC(=O)N2Cc2ccccc2)cc1)c1ccc(F)cc1. The highest BCUT2D eigenvalue weighted by Gasteiger charge is 2.32. The lowest BCUT2D eigenvalue weighted by Crippen LogP contribution is -2.27. The third kappa shape index (κ3) is 5.06. The standard InChI is InChI=1S/C25H22FN3O2S/c1-17(19-11-13-22(26)14-12-19)27-28-24(31)20-7-9-21(10-8-20)25-29(23(30)16-32-25)15-18-5-3-2-4-6-18/h2-14,25H,15-16H2,1H3,(H,28,31)/b27-17+. The number of thioether (sulfide) groups is 1. The zero-order chi connectivity index (χ0) is 22.5. The Morgan fingerprint density at radius 2 is 1.69 bits per heavy atom. The van der Waals surface area contributed by atoms with E-state index in [0.29, 0.717) is 23.6 Å². The number of benzene rings is 3. The van der Waals surface area contributed by atoms with Gasteiger partial charge in [-0.3, -0.25) is 9.59 Å². The van der Waals surface area contributed by atoms with Crippen LogP contribution in [0.25, 0.3) is 0 Å². The second-order valence-electron chi connectivity index (χ2n) is 7.44. The number of rotatable bonds is 6. The molecule has 162 valence electrons. The zero-order valence-electron chi connectivity index (χ0n) is 17.5. The van der Waals surface area contributed by atoms with Crippen molar-refractivity contribution in [2.24, 2.45) is 5.10 Å². The molecule has 7 heteroatoms. The molecule has 1 aliphatic rings. The van der Waals surface area contributed by atoms with Crippen LogP contribution in [0.3, 0.4) is 0 Å². The molecule has 32 heavy (non-hydrogen) atoms. The number of carbonyl (C=O) groups excluding carboxylic acids is 2. The monoisotopic (exact) mass is 447 g/mol. The van der Waals surface area contributed by atoms with E-state index in [1.54, 1.807) is 43.0 Å². The highest BCUT2D eigenvalue weighted by atomic mass is 32.2. The topological polar surface area (TPSA) is 61.8 Å². The summed E-state index contributed by atoms with van der Waals surface area (Å²) in [5.41, 5.74) is 6.36. The summed E-state index contributed by atoms with van der Waals surface area (Å²) in [5.74, 6) is -0.113. The summed E-state index contributed by atoms with van der Waals surface area (Å²) >= 11 is 1.59. The van der Waals surface area contributed by atoms with E-state index in [9.17, 15) is 14.0 Å². The van der Waals surface area contributed by atoms with Crippen molar-refractivity contribution in [3.8, 4) is 0 Å². The first kappa shape index (κ1) is 21.8. The minimum Gasteiger partial charge on any atom is -0.322 e. The number of hydrogen-bond acceptors (Lipinski definition) is 4. The first-order valence-corrected chi connectivity index (χ1v) is 11.2. The van der Waals surface area contributed by atoms with Crippen molar-refractivity contribution in [2.45, 2.75) is 18.8 Å². The van der Waals surface area contributed by atoms with Crippen molar-refractivity contribution in [3.63, 3.8) is 0 Å². The van der Waals surface area contributed by atoms with Gasteiger partial charge in [0.25, 0.3) is 5.91 Å². The minimum absolute atomic E-state index is 0.0847. The molecule has 0 bridgehead atoms. The smallest absolute Gasteiger partial charge is 0.271 e. The van der Waals surface area contributed by atoms with Crippen LogP contribution in [0.1, 0.15) is 39.3 Å². The van der Waals surface area contributed by atoms with Gasteiger partial charge in [-0.1, -0.05) is 54.6 Å². The quantitative estimate of drug-likeness (QED) is 0.438. The van der Waals surface area contributed by atoms with Gasteiger partial charge in [0, 0.05) is 12.1 Å². The summed E-state index contributed by atoms with van der Waals surface area (Å²) in [6.07, 6.45) is 0. The molecule has 2 amide bonds. The Balaban J connectivity index is 1.42. The molecule has 4 rings (SSSR count). The van der Waals surface area contributed by atoms with Crippen molar-refractivity contribution in [3.05, 3.63) is 107 Å². The minimum atomic E-state index is -0.339. The molecule has 3 aromatic carbocycles. The molecule has 1 saturated heterocycles. The van der Waals surface area contributed by atoms with Crippen LogP contribution in [-0.2, 0) is 11.3 Å². The van der Waals surface area contributed by atoms with Crippen LogP contribution in [0.2, 0.25) is 0 Å². The van der Waals surface area contributed by atoms with Gasteiger partial charge in [-0.2, -0.15) is 5.10 Å². The summed E-state index contributed by atoms with van der Waals surface area (Å²) in [5, 5.41) is 4.02.